The number of aromatic nitrogens is 1. The van der Waals surface area contributed by atoms with Gasteiger partial charge in [-0.05, 0) is 25.4 Å². The minimum Gasteiger partial charge on any atom is -0.389 e. The monoisotopic (exact) mass is 198 g/mol. The van der Waals surface area contributed by atoms with Gasteiger partial charge < -0.3 is 5.73 Å². The Kier molecular flexibility index (Phi) is 2.97. The molecule has 1 aromatic heterocycles. The van der Waals surface area contributed by atoms with Crippen molar-refractivity contribution in [3.05, 3.63) is 11.3 Å². The molecule has 1 heterocycles. The number of hydrogen-bond donors (Lipinski definition) is 2. The molecule has 0 saturated heterocycles. The van der Waals surface area contributed by atoms with Crippen molar-refractivity contribution in [3.63, 3.8) is 0 Å². The molecule has 0 bridgehead atoms. The predicted octanol–water partition coefficient (Wildman–Crippen LogP) is 0.504. The van der Waals surface area contributed by atoms with E-state index in [1.165, 1.54) is 11.5 Å². The van der Waals surface area contributed by atoms with E-state index in [0.29, 0.717) is 17.1 Å². The Morgan fingerprint density at radius 2 is 2.46 bits per heavy atom. The Morgan fingerprint density at radius 3 is 2.92 bits per heavy atom. The molecule has 0 unspecified atom stereocenters. The number of nitrogens with zero attached hydrogens (tertiary/aromatic N) is 2. The van der Waals surface area contributed by atoms with Crippen LogP contribution in [0, 0.1) is 6.92 Å². The Hall–Kier alpha value is -1.43. The first-order valence-electron chi connectivity index (χ1n) is 3.62. The van der Waals surface area contributed by atoms with Gasteiger partial charge in [0.15, 0.2) is 0 Å². The van der Waals surface area contributed by atoms with E-state index >= 15 is 0 Å². The summed E-state index contributed by atoms with van der Waals surface area (Å²) in [6.07, 6.45) is 0.509. The third-order valence-corrected chi connectivity index (χ3v) is 2.30. The Morgan fingerprint density at radius 1 is 1.77 bits per heavy atom. The maximum absolute atomic E-state index is 9.99. The summed E-state index contributed by atoms with van der Waals surface area (Å²) in [5, 5.41) is 4.41. The van der Waals surface area contributed by atoms with Gasteiger partial charge in [0, 0.05) is 0 Å². The zero-order valence-electron chi connectivity index (χ0n) is 7.37. The highest BCUT2D eigenvalue weighted by atomic mass is 32.1. The van der Waals surface area contributed by atoms with Gasteiger partial charge >= 0.3 is 0 Å². The van der Waals surface area contributed by atoms with Crippen LogP contribution < -0.4 is 11.2 Å². The molecular formula is C7H10N4OS. The van der Waals surface area contributed by atoms with Gasteiger partial charge in [-0.25, -0.2) is 5.43 Å². The van der Waals surface area contributed by atoms with Crippen LogP contribution >= 0.6 is 11.5 Å². The SMILES string of the molecule is C/C(=N\NC=O)c1c(C)nsc1N. The second-order valence-electron chi connectivity index (χ2n) is 2.45. The van der Waals surface area contributed by atoms with Crippen molar-refractivity contribution in [3.8, 4) is 0 Å². The molecular weight excluding hydrogens is 188 g/mol. The normalized spacial score (nSPS) is 11.4. The zero-order valence-corrected chi connectivity index (χ0v) is 8.18. The number of carbonyl (C=O) groups excluding carboxylic acids is 1. The summed E-state index contributed by atoms with van der Waals surface area (Å²) in [7, 11) is 0. The molecule has 0 saturated carbocycles. The van der Waals surface area contributed by atoms with Crippen LogP contribution in [0.5, 0.6) is 0 Å². The van der Waals surface area contributed by atoms with Crippen LogP contribution in [0.4, 0.5) is 5.00 Å². The second-order valence-corrected chi connectivity index (χ2v) is 3.26. The molecule has 0 aromatic carbocycles. The summed E-state index contributed by atoms with van der Waals surface area (Å²) in [6, 6.07) is 0. The maximum atomic E-state index is 9.99. The molecule has 1 rings (SSSR count). The van der Waals surface area contributed by atoms with E-state index in [2.05, 4.69) is 14.9 Å². The van der Waals surface area contributed by atoms with Crippen molar-refractivity contribution in [2.75, 3.05) is 5.73 Å². The van der Waals surface area contributed by atoms with Crippen molar-refractivity contribution in [2.45, 2.75) is 13.8 Å². The highest BCUT2D eigenvalue weighted by Gasteiger charge is 2.10. The summed E-state index contributed by atoms with van der Waals surface area (Å²) in [5.74, 6) is 0. The molecule has 0 atom stereocenters. The number of hydrogen-bond acceptors (Lipinski definition) is 5. The minimum atomic E-state index is 0.509. The highest BCUT2D eigenvalue weighted by molar-refractivity contribution is 7.10. The summed E-state index contributed by atoms with van der Waals surface area (Å²) in [4.78, 5) is 9.99. The second kappa shape index (κ2) is 3.99. The molecule has 0 spiro atoms. The molecule has 0 aliphatic heterocycles. The van der Waals surface area contributed by atoms with Crippen LogP contribution in [0.3, 0.4) is 0 Å². The first-order valence-corrected chi connectivity index (χ1v) is 4.39. The summed E-state index contributed by atoms with van der Waals surface area (Å²) in [5.41, 5.74) is 10.2. The smallest absolute Gasteiger partial charge is 0.227 e. The van der Waals surface area contributed by atoms with E-state index in [9.17, 15) is 4.79 Å². The summed E-state index contributed by atoms with van der Waals surface area (Å²) >= 11 is 1.22. The lowest BCUT2D eigenvalue weighted by molar-refractivity contribution is -0.109. The number of nitrogen functional groups attached to an aromatic ring is 1. The standard InChI is InChI=1S/C7H10N4OS/c1-4(10-9-3-12)6-5(2)11-13-7(6)8/h3H,8H2,1-2H3,(H,9,12)/b10-4+. The number of amides is 1. The molecule has 5 nitrogen and oxygen atoms in total. The molecule has 0 radical (unpaired) electrons. The number of rotatable bonds is 3. The van der Waals surface area contributed by atoms with Crippen LogP contribution in [-0.2, 0) is 4.79 Å². The quantitative estimate of drug-likeness (QED) is 0.421. The topological polar surface area (TPSA) is 80.4 Å². The van der Waals surface area contributed by atoms with Gasteiger partial charge in [0.1, 0.15) is 5.00 Å². The van der Waals surface area contributed by atoms with Gasteiger partial charge in [0.2, 0.25) is 6.41 Å². The maximum Gasteiger partial charge on any atom is 0.227 e. The van der Waals surface area contributed by atoms with Crippen LogP contribution in [0.2, 0.25) is 0 Å². The average Bonchev–Trinajstić information content (AvgIpc) is 2.42. The number of nitrogens with one attached hydrogen (secondary N) is 1. The Balaban J connectivity index is 2.99. The fourth-order valence-electron chi connectivity index (χ4n) is 1.01. The third kappa shape index (κ3) is 2.03. The van der Waals surface area contributed by atoms with Gasteiger partial charge in [-0.2, -0.15) is 9.47 Å². The number of carbonyl (C=O) groups is 1. The molecule has 6 heteroatoms. The molecule has 70 valence electrons. The van der Waals surface area contributed by atoms with Crippen molar-refractivity contribution in [1.29, 1.82) is 0 Å². The lowest BCUT2D eigenvalue weighted by atomic mass is 10.2. The molecule has 0 fully saturated rings. The third-order valence-electron chi connectivity index (χ3n) is 1.54. The Labute approximate surface area is 79.8 Å². The fraction of sp³-hybridized carbons (Fsp3) is 0.286. The van der Waals surface area contributed by atoms with Gasteiger partial charge in [0.25, 0.3) is 0 Å². The lowest BCUT2D eigenvalue weighted by Gasteiger charge is -1.98. The molecule has 0 aliphatic carbocycles. The van der Waals surface area contributed by atoms with Crippen LogP contribution in [0.1, 0.15) is 18.2 Å². The first kappa shape index (κ1) is 9.66. The number of aryl methyl sites for hydroxylation is 1. The van der Waals surface area contributed by atoms with Gasteiger partial charge in [-0.15, -0.1) is 0 Å². The molecule has 13 heavy (non-hydrogen) atoms. The zero-order chi connectivity index (χ0) is 9.84. The summed E-state index contributed by atoms with van der Waals surface area (Å²) in [6.45, 7) is 3.62. The van der Waals surface area contributed by atoms with Crippen molar-refractivity contribution in [2.24, 2.45) is 5.10 Å². The Bertz CT molecular complexity index is 325. The van der Waals surface area contributed by atoms with E-state index in [0.717, 1.165) is 11.3 Å². The van der Waals surface area contributed by atoms with E-state index in [4.69, 9.17) is 5.73 Å². The molecule has 1 aromatic rings. The van der Waals surface area contributed by atoms with Gasteiger partial charge in [-0.1, -0.05) is 0 Å². The van der Waals surface area contributed by atoms with E-state index in [1.807, 2.05) is 6.92 Å². The first-order chi connectivity index (χ1) is 6.16. The minimum absolute atomic E-state index is 0.509. The van der Waals surface area contributed by atoms with Gasteiger partial charge in [0.05, 0.1) is 17.0 Å². The van der Waals surface area contributed by atoms with Crippen LogP contribution in [0.25, 0.3) is 0 Å². The van der Waals surface area contributed by atoms with Crippen LogP contribution in [0.15, 0.2) is 5.10 Å². The van der Waals surface area contributed by atoms with Crippen molar-refractivity contribution >= 4 is 28.7 Å². The molecule has 0 aliphatic rings. The van der Waals surface area contributed by atoms with E-state index < -0.39 is 0 Å². The molecule has 3 N–H and O–H groups in total. The average molecular weight is 198 g/mol. The van der Waals surface area contributed by atoms with Gasteiger partial charge in [-0.3, -0.25) is 4.79 Å². The number of hydrazone groups is 1. The summed E-state index contributed by atoms with van der Waals surface area (Å²) < 4.78 is 4.07. The van der Waals surface area contributed by atoms with E-state index in [-0.39, 0.29) is 0 Å². The van der Waals surface area contributed by atoms with Crippen molar-refractivity contribution in [1.82, 2.24) is 9.80 Å². The van der Waals surface area contributed by atoms with Crippen molar-refractivity contribution < 1.29 is 4.79 Å². The fourth-order valence-corrected chi connectivity index (χ4v) is 1.72. The van der Waals surface area contributed by atoms with E-state index in [1.54, 1.807) is 6.92 Å². The largest absolute Gasteiger partial charge is 0.389 e. The number of nitrogens with two attached hydrogens (primary N) is 1. The molecule has 1 amide bonds. The lowest BCUT2D eigenvalue weighted by Crippen LogP contribution is -2.08. The highest BCUT2D eigenvalue weighted by Crippen LogP contribution is 2.21. The van der Waals surface area contributed by atoms with Crippen LogP contribution in [-0.4, -0.2) is 16.5 Å². The predicted molar refractivity (Wildman–Crippen MR) is 52.7 cm³/mol. The number of anilines is 1.